The van der Waals surface area contributed by atoms with Gasteiger partial charge in [0.05, 0.1) is 32.6 Å². The lowest BCUT2D eigenvalue weighted by Crippen LogP contribution is -2.38. The average Bonchev–Trinajstić information content (AvgIpc) is 2.61. The summed E-state index contributed by atoms with van der Waals surface area (Å²) < 4.78 is 7.66. The van der Waals surface area contributed by atoms with Gasteiger partial charge < -0.3 is 9.30 Å². The number of aromatic nitrogens is 2. The Balaban J connectivity index is 2.46. The van der Waals surface area contributed by atoms with Crippen molar-refractivity contribution in [2.75, 3.05) is 0 Å². The largest absolute Gasteiger partial charge is 0.361 e. The molecule has 0 fully saturated rings. The highest BCUT2D eigenvalue weighted by Gasteiger charge is 2.22. The van der Waals surface area contributed by atoms with E-state index in [0.717, 1.165) is 5.69 Å². The maximum absolute atomic E-state index is 8.53. The van der Waals surface area contributed by atoms with Gasteiger partial charge in [0.1, 0.15) is 6.73 Å². The fourth-order valence-electron chi connectivity index (χ4n) is 1.10. The van der Waals surface area contributed by atoms with Crippen molar-refractivity contribution >= 4 is 8.07 Å². The van der Waals surface area contributed by atoms with Crippen molar-refractivity contribution in [3.8, 4) is 6.07 Å². The van der Waals surface area contributed by atoms with E-state index in [1.165, 1.54) is 0 Å². The third kappa shape index (κ3) is 3.80. The first-order chi connectivity index (χ1) is 7.43. The smallest absolute Gasteiger partial charge is 0.123 e. The first kappa shape index (κ1) is 12.9. The fourth-order valence-corrected chi connectivity index (χ4v) is 1.67. The molecule has 88 valence electrons. The van der Waals surface area contributed by atoms with Crippen LogP contribution in [-0.4, -0.2) is 23.4 Å². The molecule has 1 unspecified atom stereocenters. The van der Waals surface area contributed by atoms with Gasteiger partial charge >= 0.3 is 0 Å². The van der Waals surface area contributed by atoms with Crippen LogP contribution < -0.4 is 0 Å². The van der Waals surface area contributed by atoms with Gasteiger partial charge in [-0.2, -0.15) is 5.26 Å². The number of rotatable bonds is 5. The second kappa shape index (κ2) is 5.28. The van der Waals surface area contributed by atoms with Crippen molar-refractivity contribution in [2.45, 2.75) is 45.4 Å². The van der Waals surface area contributed by atoms with Gasteiger partial charge in [0.15, 0.2) is 0 Å². The normalized spacial score (nSPS) is 13.4. The van der Waals surface area contributed by atoms with E-state index in [1.54, 1.807) is 6.33 Å². The van der Waals surface area contributed by atoms with Crippen LogP contribution in [-0.2, 0) is 17.9 Å². The molecule has 0 saturated heterocycles. The minimum Gasteiger partial charge on any atom is -0.361 e. The summed E-state index contributed by atoms with van der Waals surface area (Å²) in [6.45, 7) is 9.50. The number of hydrogen-bond acceptors (Lipinski definition) is 3. The Morgan fingerprint density at radius 2 is 2.25 bits per heavy atom. The van der Waals surface area contributed by atoms with E-state index in [2.05, 4.69) is 37.6 Å². The SMILES string of the molecule is CC(OCn1cnc(CC#N)c1)[Si](C)(C)C. The van der Waals surface area contributed by atoms with Gasteiger partial charge in [-0.15, -0.1) is 0 Å². The van der Waals surface area contributed by atoms with Gasteiger partial charge in [0.25, 0.3) is 0 Å². The van der Waals surface area contributed by atoms with Gasteiger partial charge in [-0.05, 0) is 6.92 Å². The van der Waals surface area contributed by atoms with E-state index in [4.69, 9.17) is 10.00 Å². The fraction of sp³-hybridized carbons (Fsp3) is 0.636. The van der Waals surface area contributed by atoms with Gasteiger partial charge in [-0.3, -0.25) is 0 Å². The van der Waals surface area contributed by atoms with Crippen LogP contribution in [0.3, 0.4) is 0 Å². The number of hydrogen-bond donors (Lipinski definition) is 0. The quantitative estimate of drug-likeness (QED) is 0.738. The molecule has 1 rings (SSSR count). The molecule has 0 aliphatic carbocycles. The summed E-state index contributed by atoms with van der Waals surface area (Å²) in [6, 6.07) is 2.08. The summed E-state index contributed by atoms with van der Waals surface area (Å²) in [5.41, 5.74) is 1.11. The predicted octanol–water partition coefficient (Wildman–Crippen LogP) is 2.19. The molecule has 0 spiro atoms. The highest BCUT2D eigenvalue weighted by atomic mass is 28.3. The van der Waals surface area contributed by atoms with E-state index >= 15 is 0 Å². The first-order valence-corrected chi connectivity index (χ1v) is 9.00. The van der Waals surface area contributed by atoms with Crippen LogP contribution >= 0.6 is 0 Å². The minimum atomic E-state index is -1.23. The summed E-state index contributed by atoms with van der Waals surface area (Å²) >= 11 is 0. The molecule has 4 nitrogen and oxygen atoms in total. The molecule has 0 aliphatic heterocycles. The van der Waals surface area contributed by atoms with Crippen molar-refractivity contribution in [2.24, 2.45) is 0 Å². The van der Waals surface area contributed by atoms with Gasteiger partial charge in [0, 0.05) is 11.9 Å². The lowest BCUT2D eigenvalue weighted by Gasteiger charge is -2.25. The first-order valence-electron chi connectivity index (χ1n) is 5.42. The molecule has 16 heavy (non-hydrogen) atoms. The number of ether oxygens (including phenoxy) is 1. The lowest BCUT2D eigenvalue weighted by molar-refractivity contribution is 0.0565. The molecule has 1 aromatic rings. The maximum atomic E-state index is 8.53. The number of imidazole rings is 1. The Labute approximate surface area is 97.9 Å². The maximum Gasteiger partial charge on any atom is 0.123 e. The topological polar surface area (TPSA) is 50.8 Å². The molecular weight excluding hydrogens is 218 g/mol. The summed E-state index contributed by atoms with van der Waals surface area (Å²) in [5.74, 6) is 0. The zero-order chi connectivity index (χ0) is 12.2. The van der Waals surface area contributed by atoms with Crippen LogP contribution in [0.15, 0.2) is 12.5 Å². The van der Waals surface area contributed by atoms with Crippen molar-refractivity contribution in [1.29, 1.82) is 5.26 Å². The monoisotopic (exact) mass is 237 g/mol. The van der Waals surface area contributed by atoms with E-state index in [9.17, 15) is 0 Å². The molecule has 0 N–H and O–H groups in total. The van der Waals surface area contributed by atoms with Gasteiger partial charge in [0.2, 0.25) is 0 Å². The Kier molecular flexibility index (Phi) is 4.27. The average molecular weight is 237 g/mol. The van der Waals surface area contributed by atoms with Crippen LogP contribution in [0.4, 0.5) is 0 Å². The minimum absolute atomic E-state index is 0.314. The second-order valence-electron chi connectivity index (χ2n) is 5.02. The lowest BCUT2D eigenvalue weighted by atomic mass is 10.4. The van der Waals surface area contributed by atoms with Crippen molar-refractivity contribution in [3.63, 3.8) is 0 Å². The molecule has 1 heterocycles. The molecular formula is C11H19N3OSi. The van der Waals surface area contributed by atoms with Gasteiger partial charge in [-0.1, -0.05) is 19.6 Å². The highest BCUT2D eigenvalue weighted by molar-refractivity contribution is 6.77. The Morgan fingerprint density at radius 1 is 1.56 bits per heavy atom. The Morgan fingerprint density at radius 3 is 2.81 bits per heavy atom. The molecule has 0 radical (unpaired) electrons. The van der Waals surface area contributed by atoms with Crippen LogP contribution in [0.25, 0.3) is 0 Å². The zero-order valence-corrected chi connectivity index (χ0v) is 11.4. The zero-order valence-electron chi connectivity index (χ0n) is 10.4. The van der Waals surface area contributed by atoms with Crippen molar-refractivity contribution in [3.05, 3.63) is 18.2 Å². The number of nitriles is 1. The van der Waals surface area contributed by atoms with Crippen LogP contribution in [0.2, 0.25) is 19.6 Å². The van der Waals surface area contributed by atoms with Crippen LogP contribution in [0.1, 0.15) is 12.6 Å². The van der Waals surface area contributed by atoms with Crippen LogP contribution in [0, 0.1) is 11.3 Å². The highest BCUT2D eigenvalue weighted by Crippen LogP contribution is 2.11. The summed E-state index contributed by atoms with van der Waals surface area (Å²) in [7, 11) is -1.23. The van der Waals surface area contributed by atoms with Crippen LogP contribution in [0.5, 0.6) is 0 Å². The standard InChI is InChI=1S/C11H19N3OSi/c1-10(16(2,3)4)15-9-14-7-11(5-6-12)13-8-14/h7-8,10H,5,9H2,1-4H3. The van der Waals surface area contributed by atoms with E-state index in [1.807, 2.05) is 10.8 Å². The Bertz CT molecular complexity index is 375. The molecule has 1 aromatic heterocycles. The molecule has 0 bridgehead atoms. The van der Waals surface area contributed by atoms with E-state index in [-0.39, 0.29) is 0 Å². The molecule has 1 atom stereocenters. The van der Waals surface area contributed by atoms with E-state index < -0.39 is 8.07 Å². The van der Waals surface area contributed by atoms with Crippen molar-refractivity contribution < 1.29 is 4.74 Å². The predicted molar refractivity (Wildman–Crippen MR) is 65.4 cm³/mol. The third-order valence-electron chi connectivity index (χ3n) is 2.64. The summed E-state index contributed by atoms with van der Waals surface area (Å²) in [4.78, 5) is 4.12. The molecule has 5 heteroatoms. The molecule has 0 aromatic carbocycles. The third-order valence-corrected chi connectivity index (χ3v) is 5.25. The van der Waals surface area contributed by atoms with Gasteiger partial charge in [-0.25, -0.2) is 4.98 Å². The Hall–Kier alpha value is -1.12. The second-order valence-corrected chi connectivity index (χ2v) is 10.6. The molecule has 0 saturated carbocycles. The summed E-state index contributed by atoms with van der Waals surface area (Å²) in [5, 5.41) is 8.53. The van der Waals surface area contributed by atoms with Crippen molar-refractivity contribution in [1.82, 2.24) is 9.55 Å². The van der Waals surface area contributed by atoms with E-state index in [0.29, 0.717) is 18.9 Å². The summed E-state index contributed by atoms with van der Waals surface area (Å²) in [6.07, 6.45) is 3.93. The molecule has 0 aliphatic rings. The number of nitrogens with zero attached hydrogens (tertiary/aromatic N) is 3. The molecule has 0 amide bonds.